The van der Waals surface area contributed by atoms with Crippen molar-refractivity contribution < 1.29 is 4.74 Å². The molecule has 0 spiro atoms. The molecule has 0 amide bonds. The summed E-state index contributed by atoms with van der Waals surface area (Å²) < 4.78 is 6.06. The SMILES string of the molecule is COc1ccc(CN(C)c2ccc(Br)cc2C#N)cc1. The molecule has 3 nitrogen and oxygen atoms in total. The zero-order valence-corrected chi connectivity index (χ0v) is 13.0. The van der Waals surface area contributed by atoms with E-state index in [1.807, 2.05) is 49.5 Å². The first-order chi connectivity index (χ1) is 9.63. The summed E-state index contributed by atoms with van der Waals surface area (Å²) in [5.41, 5.74) is 2.75. The van der Waals surface area contributed by atoms with Crippen LogP contribution in [0.25, 0.3) is 0 Å². The summed E-state index contributed by atoms with van der Waals surface area (Å²) in [6.45, 7) is 0.736. The molecular weight excluding hydrogens is 316 g/mol. The zero-order valence-electron chi connectivity index (χ0n) is 11.4. The van der Waals surface area contributed by atoms with Crippen LogP contribution in [0.2, 0.25) is 0 Å². The van der Waals surface area contributed by atoms with Crippen LogP contribution in [0.5, 0.6) is 5.75 Å². The van der Waals surface area contributed by atoms with E-state index in [-0.39, 0.29) is 0 Å². The molecule has 0 N–H and O–H groups in total. The van der Waals surface area contributed by atoms with Crippen molar-refractivity contribution in [3.8, 4) is 11.8 Å². The van der Waals surface area contributed by atoms with Crippen molar-refractivity contribution in [3.05, 3.63) is 58.1 Å². The molecule has 0 saturated carbocycles. The maximum Gasteiger partial charge on any atom is 0.118 e. The first-order valence-corrected chi connectivity index (χ1v) is 6.97. The Balaban J connectivity index is 2.19. The summed E-state index contributed by atoms with van der Waals surface area (Å²) in [5, 5.41) is 9.21. The fraction of sp³-hybridized carbons (Fsp3) is 0.188. The lowest BCUT2D eigenvalue weighted by Crippen LogP contribution is -2.17. The number of benzene rings is 2. The molecule has 2 aromatic carbocycles. The minimum Gasteiger partial charge on any atom is -0.497 e. The van der Waals surface area contributed by atoms with Crippen LogP contribution in [0.15, 0.2) is 46.9 Å². The second-order valence-corrected chi connectivity index (χ2v) is 5.39. The number of anilines is 1. The van der Waals surface area contributed by atoms with Gasteiger partial charge < -0.3 is 9.64 Å². The lowest BCUT2D eigenvalue weighted by atomic mass is 10.1. The van der Waals surface area contributed by atoms with E-state index in [0.29, 0.717) is 5.56 Å². The number of nitrogens with zero attached hydrogens (tertiary/aromatic N) is 2. The van der Waals surface area contributed by atoms with E-state index in [4.69, 9.17) is 4.74 Å². The predicted octanol–water partition coefficient (Wildman–Crippen LogP) is 3.97. The number of hydrogen-bond acceptors (Lipinski definition) is 3. The first-order valence-electron chi connectivity index (χ1n) is 6.17. The number of nitriles is 1. The Hall–Kier alpha value is -1.99. The molecule has 0 bridgehead atoms. The van der Waals surface area contributed by atoms with Gasteiger partial charge in [-0.1, -0.05) is 28.1 Å². The maximum absolute atomic E-state index is 9.21. The van der Waals surface area contributed by atoms with Gasteiger partial charge in [0.15, 0.2) is 0 Å². The minimum atomic E-state index is 0.662. The average Bonchev–Trinajstić information content (AvgIpc) is 2.47. The molecule has 2 aromatic rings. The van der Waals surface area contributed by atoms with Gasteiger partial charge in [0.25, 0.3) is 0 Å². The van der Waals surface area contributed by atoms with Crippen molar-refractivity contribution in [2.75, 3.05) is 19.1 Å². The minimum absolute atomic E-state index is 0.662. The Bertz CT molecular complexity index is 632. The van der Waals surface area contributed by atoms with Crippen molar-refractivity contribution in [1.82, 2.24) is 0 Å². The van der Waals surface area contributed by atoms with E-state index >= 15 is 0 Å². The van der Waals surface area contributed by atoms with Gasteiger partial charge in [-0.05, 0) is 35.9 Å². The van der Waals surface area contributed by atoms with Crippen LogP contribution >= 0.6 is 15.9 Å². The Labute approximate surface area is 127 Å². The van der Waals surface area contributed by atoms with E-state index in [1.165, 1.54) is 5.56 Å². The zero-order chi connectivity index (χ0) is 14.5. The van der Waals surface area contributed by atoms with Gasteiger partial charge in [-0.25, -0.2) is 0 Å². The molecular formula is C16H15BrN2O. The number of ether oxygens (including phenoxy) is 1. The quantitative estimate of drug-likeness (QED) is 0.851. The van der Waals surface area contributed by atoms with Crippen LogP contribution in [0.4, 0.5) is 5.69 Å². The summed E-state index contributed by atoms with van der Waals surface area (Å²) in [5.74, 6) is 0.845. The summed E-state index contributed by atoms with van der Waals surface area (Å²) in [4.78, 5) is 2.06. The number of halogens is 1. The van der Waals surface area contributed by atoms with Gasteiger partial charge in [-0.2, -0.15) is 5.26 Å². The van der Waals surface area contributed by atoms with Crippen LogP contribution in [-0.4, -0.2) is 14.2 Å². The third-order valence-corrected chi connectivity index (χ3v) is 3.56. The molecule has 0 aliphatic heterocycles. The number of methoxy groups -OCH3 is 1. The number of hydrogen-bond donors (Lipinski definition) is 0. The van der Waals surface area contributed by atoms with Crippen LogP contribution < -0.4 is 9.64 Å². The van der Waals surface area contributed by atoms with E-state index in [2.05, 4.69) is 26.9 Å². The van der Waals surface area contributed by atoms with Gasteiger partial charge in [0.1, 0.15) is 11.8 Å². The predicted molar refractivity (Wildman–Crippen MR) is 84.0 cm³/mol. The Morgan fingerprint density at radius 3 is 2.50 bits per heavy atom. The van der Waals surface area contributed by atoms with Gasteiger partial charge >= 0.3 is 0 Å². The highest BCUT2D eigenvalue weighted by molar-refractivity contribution is 9.10. The Morgan fingerprint density at radius 1 is 1.20 bits per heavy atom. The molecule has 0 unspecified atom stereocenters. The normalized spacial score (nSPS) is 9.90. The van der Waals surface area contributed by atoms with Crippen molar-refractivity contribution in [1.29, 1.82) is 5.26 Å². The van der Waals surface area contributed by atoms with Gasteiger partial charge in [-0.15, -0.1) is 0 Å². The Kier molecular flexibility index (Phi) is 4.65. The van der Waals surface area contributed by atoms with Crippen LogP contribution in [0.1, 0.15) is 11.1 Å². The third-order valence-electron chi connectivity index (χ3n) is 3.07. The largest absolute Gasteiger partial charge is 0.497 e. The lowest BCUT2D eigenvalue weighted by molar-refractivity contribution is 0.414. The van der Waals surface area contributed by atoms with E-state index in [9.17, 15) is 5.26 Å². The summed E-state index contributed by atoms with van der Waals surface area (Å²) >= 11 is 3.39. The fourth-order valence-electron chi connectivity index (χ4n) is 2.02. The highest BCUT2D eigenvalue weighted by Gasteiger charge is 2.08. The van der Waals surface area contributed by atoms with Gasteiger partial charge in [0, 0.05) is 18.1 Å². The van der Waals surface area contributed by atoms with Crippen molar-refractivity contribution in [2.24, 2.45) is 0 Å². The highest BCUT2D eigenvalue weighted by Crippen LogP contribution is 2.24. The molecule has 2 rings (SSSR count). The van der Waals surface area contributed by atoms with Gasteiger partial charge in [0.2, 0.25) is 0 Å². The van der Waals surface area contributed by atoms with E-state index in [1.54, 1.807) is 7.11 Å². The fourth-order valence-corrected chi connectivity index (χ4v) is 2.38. The van der Waals surface area contributed by atoms with Crippen molar-refractivity contribution >= 4 is 21.6 Å². The molecule has 0 aliphatic rings. The molecule has 0 radical (unpaired) electrons. The summed E-state index contributed by atoms with van der Waals surface area (Å²) in [6.07, 6.45) is 0. The monoisotopic (exact) mass is 330 g/mol. The lowest BCUT2D eigenvalue weighted by Gasteiger charge is -2.21. The molecule has 0 aliphatic carbocycles. The van der Waals surface area contributed by atoms with Gasteiger partial charge in [-0.3, -0.25) is 0 Å². The molecule has 4 heteroatoms. The van der Waals surface area contributed by atoms with Crippen molar-refractivity contribution in [3.63, 3.8) is 0 Å². The highest BCUT2D eigenvalue weighted by atomic mass is 79.9. The second kappa shape index (κ2) is 6.44. The van der Waals surface area contributed by atoms with E-state index < -0.39 is 0 Å². The van der Waals surface area contributed by atoms with Crippen molar-refractivity contribution in [2.45, 2.75) is 6.54 Å². The molecule has 0 atom stereocenters. The Morgan fingerprint density at radius 2 is 1.90 bits per heavy atom. The smallest absolute Gasteiger partial charge is 0.118 e. The standard InChI is InChI=1S/C16H15BrN2O/c1-19(11-12-3-6-15(20-2)7-4-12)16-8-5-14(17)9-13(16)10-18/h3-9H,11H2,1-2H3. The molecule has 0 fully saturated rings. The molecule has 0 saturated heterocycles. The van der Waals surface area contributed by atoms with E-state index in [0.717, 1.165) is 22.5 Å². The van der Waals surface area contributed by atoms with Crippen LogP contribution in [0, 0.1) is 11.3 Å². The topological polar surface area (TPSA) is 36.3 Å². The molecule has 0 heterocycles. The van der Waals surface area contributed by atoms with Crippen LogP contribution in [-0.2, 0) is 6.54 Å². The second-order valence-electron chi connectivity index (χ2n) is 4.48. The molecule has 0 aromatic heterocycles. The summed E-state index contributed by atoms with van der Waals surface area (Å²) in [7, 11) is 3.64. The summed E-state index contributed by atoms with van der Waals surface area (Å²) in [6, 6.07) is 15.9. The molecule has 102 valence electrons. The van der Waals surface area contributed by atoms with Gasteiger partial charge in [0.05, 0.1) is 18.4 Å². The maximum atomic E-state index is 9.21. The first kappa shape index (κ1) is 14.4. The average molecular weight is 331 g/mol. The van der Waals surface area contributed by atoms with Crippen LogP contribution in [0.3, 0.4) is 0 Å². The number of rotatable bonds is 4. The molecule has 20 heavy (non-hydrogen) atoms. The third kappa shape index (κ3) is 3.31.